The maximum absolute atomic E-state index is 12.5. The number of amides is 1. The third kappa shape index (κ3) is 3.16. The number of hydrogen-bond donors (Lipinski definition) is 2. The fraction of sp³-hybridized carbons (Fsp3) is 0.429. The predicted molar refractivity (Wildman–Crippen MR) is 107 cm³/mol. The van der Waals surface area contributed by atoms with Gasteiger partial charge in [-0.3, -0.25) is 9.69 Å². The second-order valence-corrected chi connectivity index (χ2v) is 7.73. The molecule has 2 aliphatic heterocycles. The van der Waals surface area contributed by atoms with E-state index in [1.807, 2.05) is 12.1 Å². The van der Waals surface area contributed by atoms with Crippen molar-refractivity contribution in [2.75, 3.05) is 13.1 Å². The Bertz CT molecular complexity index is 953. The molecule has 0 aromatic carbocycles. The van der Waals surface area contributed by atoms with Crippen molar-refractivity contribution < 1.29 is 4.79 Å². The van der Waals surface area contributed by atoms with Crippen molar-refractivity contribution in [3.05, 3.63) is 52.1 Å². The highest BCUT2D eigenvalue weighted by atomic mass is 16.2. The number of hydrogen-bond acceptors (Lipinski definition) is 5. The molecule has 0 spiro atoms. The molecule has 5 rings (SSSR count). The van der Waals surface area contributed by atoms with Gasteiger partial charge >= 0.3 is 0 Å². The van der Waals surface area contributed by atoms with Gasteiger partial charge in [0, 0.05) is 24.1 Å². The second-order valence-electron chi connectivity index (χ2n) is 7.73. The average molecular weight is 376 g/mol. The lowest BCUT2D eigenvalue weighted by atomic mass is 9.93. The van der Waals surface area contributed by atoms with Gasteiger partial charge in [0.05, 0.1) is 5.57 Å². The number of H-pyrrole nitrogens is 1. The van der Waals surface area contributed by atoms with Gasteiger partial charge in [0.2, 0.25) is 0 Å². The minimum Gasteiger partial charge on any atom is -0.358 e. The molecule has 3 aliphatic rings. The molecule has 0 unspecified atom stereocenters. The van der Waals surface area contributed by atoms with Crippen LogP contribution in [0.3, 0.4) is 0 Å². The average Bonchev–Trinajstić information content (AvgIpc) is 3.45. The molecule has 1 fully saturated rings. The van der Waals surface area contributed by atoms with E-state index < -0.39 is 0 Å². The van der Waals surface area contributed by atoms with Crippen LogP contribution in [0.1, 0.15) is 53.9 Å². The van der Waals surface area contributed by atoms with Crippen molar-refractivity contribution in [3.63, 3.8) is 0 Å². The van der Waals surface area contributed by atoms with E-state index in [2.05, 4.69) is 30.6 Å². The monoisotopic (exact) mass is 376 g/mol. The summed E-state index contributed by atoms with van der Waals surface area (Å²) < 4.78 is 0. The van der Waals surface area contributed by atoms with E-state index in [4.69, 9.17) is 0 Å². The van der Waals surface area contributed by atoms with Crippen LogP contribution >= 0.6 is 0 Å². The summed E-state index contributed by atoms with van der Waals surface area (Å²) in [7, 11) is 0. The first-order valence-corrected chi connectivity index (χ1v) is 10.1. The number of hydrazone groups is 1. The fourth-order valence-electron chi connectivity index (χ4n) is 4.48. The van der Waals surface area contributed by atoms with Crippen LogP contribution in [-0.2, 0) is 24.2 Å². The van der Waals surface area contributed by atoms with Crippen LogP contribution in [0.25, 0.3) is 6.08 Å². The lowest BCUT2D eigenvalue weighted by molar-refractivity contribution is -0.116. The van der Waals surface area contributed by atoms with Gasteiger partial charge in [-0.05, 0) is 81.0 Å². The van der Waals surface area contributed by atoms with Gasteiger partial charge in [-0.2, -0.15) is 10.2 Å². The van der Waals surface area contributed by atoms with E-state index in [0.717, 1.165) is 38.2 Å². The Labute approximate surface area is 163 Å². The number of carbonyl (C=O) groups excluding carboxylic acids is 1. The number of aromatic nitrogens is 3. The lowest BCUT2D eigenvalue weighted by Gasteiger charge is -2.18. The van der Waals surface area contributed by atoms with Gasteiger partial charge in [0.1, 0.15) is 11.4 Å². The van der Waals surface area contributed by atoms with E-state index in [0.29, 0.717) is 17.0 Å². The molecule has 1 aliphatic carbocycles. The number of aromatic amines is 1. The predicted octanol–water partition coefficient (Wildman–Crippen LogP) is 2.20. The minimum absolute atomic E-state index is 0.194. The van der Waals surface area contributed by atoms with E-state index in [1.165, 1.54) is 42.5 Å². The lowest BCUT2D eigenvalue weighted by Crippen LogP contribution is -2.20. The number of nitrogens with one attached hydrogen (secondary N) is 2. The van der Waals surface area contributed by atoms with Gasteiger partial charge in [-0.1, -0.05) is 0 Å². The molecule has 0 saturated carbocycles. The zero-order chi connectivity index (χ0) is 18.9. The Morgan fingerprint density at radius 3 is 2.82 bits per heavy atom. The smallest absolute Gasteiger partial charge is 0.273 e. The normalized spacial score (nSPS) is 21.1. The van der Waals surface area contributed by atoms with Gasteiger partial charge in [0.25, 0.3) is 5.91 Å². The topological polar surface area (TPSA) is 86.3 Å². The van der Waals surface area contributed by atoms with Crippen LogP contribution in [0, 0.1) is 0 Å². The second kappa shape index (κ2) is 7.31. The van der Waals surface area contributed by atoms with Crippen LogP contribution < -0.4 is 5.43 Å². The van der Waals surface area contributed by atoms with Crippen molar-refractivity contribution in [1.82, 2.24) is 25.5 Å². The van der Waals surface area contributed by atoms with Crippen LogP contribution in [0.2, 0.25) is 0 Å². The third-order valence-corrected chi connectivity index (χ3v) is 5.90. The van der Waals surface area contributed by atoms with Crippen LogP contribution in [-0.4, -0.2) is 44.8 Å². The summed E-state index contributed by atoms with van der Waals surface area (Å²) in [6, 6.07) is 3.63. The first-order chi connectivity index (χ1) is 13.8. The Morgan fingerprint density at radius 1 is 1.14 bits per heavy atom. The van der Waals surface area contributed by atoms with Gasteiger partial charge in [-0.15, -0.1) is 5.10 Å². The number of aryl methyl sites for hydroxylation is 1. The zero-order valence-electron chi connectivity index (χ0n) is 15.9. The molecule has 0 radical (unpaired) electrons. The highest BCUT2D eigenvalue weighted by molar-refractivity contribution is 6.32. The Kier molecular flexibility index (Phi) is 4.52. The van der Waals surface area contributed by atoms with Crippen molar-refractivity contribution in [2.24, 2.45) is 5.10 Å². The number of fused-ring (bicyclic) bond motifs is 1. The standard InChI is InChI=1S/C21H24N6O/c28-21-15(20(25-26-21)18-8-5-9-22-24-18)12-19-16(13-27-10-3-4-11-27)14-6-1-2-7-17(14)23-19/h5,8-9,12,23H,1-4,6-7,10-11,13H2,(H,26,28)/b15-12+. The molecule has 7 heteroatoms. The fourth-order valence-corrected chi connectivity index (χ4v) is 4.48. The summed E-state index contributed by atoms with van der Waals surface area (Å²) in [4.78, 5) is 18.6. The number of nitrogens with zero attached hydrogens (tertiary/aromatic N) is 4. The largest absolute Gasteiger partial charge is 0.358 e. The van der Waals surface area contributed by atoms with Crippen molar-refractivity contribution in [3.8, 4) is 0 Å². The first-order valence-electron chi connectivity index (χ1n) is 10.1. The van der Waals surface area contributed by atoms with E-state index in [1.54, 1.807) is 12.3 Å². The molecule has 144 valence electrons. The zero-order valence-corrected chi connectivity index (χ0v) is 15.9. The summed E-state index contributed by atoms with van der Waals surface area (Å²) in [5, 5.41) is 12.3. The number of likely N-dealkylation sites (tertiary alicyclic amines) is 1. The maximum Gasteiger partial charge on any atom is 0.273 e. The SMILES string of the molecule is O=C1NN=C(c2cccnn2)/C1=C\c1[nH]c2c(c1CN1CCCC1)CCCC2. The van der Waals surface area contributed by atoms with Crippen molar-refractivity contribution in [2.45, 2.75) is 45.1 Å². The number of rotatable bonds is 4. The highest BCUT2D eigenvalue weighted by Crippen LogP contribution is 2.31. The first kappa shape index (κ1) is 17.3. The molecule has 0 bridgehead atoms. The van der Waals surface area contributed by atoms with Gasteiger partial charge < -0.3 is 4.98 Å². The molecule has 0 atom stereocenters. The molecule has 1 amide bonds. The molecule has 2 aromatic rings. The number of carbonyl (C=O) groups is 1. The van der Waals surface area contributed by atoms with Crippen molar-refractivity contribution in [1.29, 1.82) is 0 Å². The molecule has 1 saturated heterocycles. The van der Waals surface area contributed by atoms with Gasteiger partial charge in [-0.25, -0.2) is 5.43 Å². The molecular formula is C21H24N6O. The molecule has 4 heterocycles. The third-order valence-electron chi connectivity index (χ3n) is 5.90. The van der Waals surface area contributed by atoms with E-state index >= 15 is 0 Å². The van der Waals surface area contributed by atoms with E-state index in [9.17, 15) is 4.79 Å². The summed E-state index contributed by atoms with van der Waals surface area (Å²) in [5.41, 5.74) is 9.47. The summed E-state index contributed by atoms with van der Waals surface area (Å²) in [5.74, 6) is -0.194. The van der Waals surface area contributed by atoms with Crippen LogP contribution in [0.4, 0.5) is 0 Å². The maximum atomic E-state index is 12.5. The molecule has 2 N–H and O–H groups in total. The molecular weight excluding hydrogens is 352 g/mol. The molecule has 28 heavy (non-hydrogen) atoms. The molecule has 2 aromatic heterocycles. The van der Waals surface area contributed by atoms with Crippen LogP contribution in [0.5, 0.6) is 0 Å². The summed E-state index contributed by atoms with van der Waals surface area (Å²) in [6.07, 6.45) is 10.8. The molecule has 7 nitrogen and oxygen atoms in total. The highest BCUT2D eigenvalue weighted by Gasteiger charge is 2.28. The van der Waals surface area contributed by atoms with Gasteiger partial charge in [0.15, 0.2) is 0 Å². The van der Waals surface area contributed by atoms with Crippen molar-refractivity contribution >= 4 is 17.7 Å². The summed E-state index contributed by atoms with van der Waals surface area (Å²) in [6.45, 7) is 3.26. The Morgan fingerprint density at radius 2 is 2.00 bits per heavy atom. The Hall–Kier alpha value is -2.80. The Balaban J connectivity index is 1.55. The van der Waals surface area contributed by atoms with E-state index in [-0.39, 0.29) is 5.91 Å². The van der Waals surface area contributed by atoms with Crippen LogP contribution in [0.15, 0.2) is 29.0 Å². The quantitative estimate of drug-likeness (QED) is 0.801. The minimum atomic E-state index is -0.194. The summed E-state index contributed by atoms with van der Waals surface area (Å²) >= 11 is 0.